The topological polar surface area (TPSA) is 37.3 Å². The second-order valence-corrected chi connectivity index (χ2v) is 5.49. The van der Waals surface area contributed by atoms with Gasteiger partial charge in [0.1, 0.15) is 5.92 Å². The Bertz CT molecular complexity index is 616. The lowest BCUT2D eigenvalue weighted by molar-refractivity contribution is -0.137. The quantitative estimate of drug-likeness (QED) is 0.908. The van der Waals surface area contributed by atoms with Crippen molar-refractivity contribution in [2.75, 3.05) is 0 Å². The Kier molecular flexibility index (Phi) is 3.93. The number of aryl methyl sites for hydroxylation is 4. The number of hydrogen-bond donors (Lipinski definition) is 1. The van der Waals surface area contributed by atoms with E-state index < -0.39 is 11.9 Å². The monoisotopic (exact) mass is 268 g/mol. The van der Waals surface area contributed by atoms with Crippen LogP contribution in [0.25, 0.3) is 0 Å². The molecule has 0 bridgehead atoms. The molecule has 2 rings (SSSR count). The smallest absolute Gasteiger partial charge is 0.315 e. The van der Waals surface area contributed by atoms with Gasteiger partial charge in [-0.3, -0.25) is 4.79 Å². The van der Waals surface area contributed by atoms with E-state index in [9.17, 15) is 9.90 Å². The normalized spacial score (nSPS) is 12.2. The van der Waals surface area contributed by atoms with Gasteiger partial charge >= 0.3 is 5.97 Å². The maximum absolute atomic E-state index is 11.8. The number of aliphatic carboxylic acids is 1. The van der Waals surface area contributed by atoms with Crippen molar-refractivity contribution in [3.8, 4) is 0 Å². The van der Waals surface area contributed by atoms with Crippen LogP contribution in [0, 0.1) is 27.7 Å². The van der Waals surface area contributed by atoms with Crippen LogP contribution >= 0.6 is 0 Å². The van der Waals surface area contributed by atoms with E-state index in [2.05, 4.69) is 0 Å². The lowest BCUT2D eigenvalue weighted by atomic mass is 9.84. The number of rotatable bonds is 3. The molecule has 1 N–H and O–H groups in total. The molecular weight excluding hydrogens is 248 g/mol. The van der Waals surface area contributed by atoms with Gasteiger partial charge in [0.25, 0.3) is 0 Å². The molecule has 104 valence electrons. The van der Waals surface area contributed by atoms with Gasteiger partial charge in [0.2, 0.25) is 0 Å². The van der Waals surface area contributed by atoms with Crippen LogP contribution in [0.3, 0.4) is 0 Å². The Balaban J connectivity index is 2.60. The van der Waals surface area contributed by atoms with Crippen molar-refractivity contribution in [1.82, 2.24) is 0 Å². The van der Waals surface area contributed by atoms with Crippen molar-refractivity contribution in [2.24, 2.45) is 0 Å². The molecule has 0 saturated heterocycles. The lowest BCUT2D eigenvalue weighted by Gasteiger charge is -2.19. The lowest BCUT2D eigenvalue weighted by Crippen LogP contribution is -2.16. The van der Waals surface area contributed by atoms with Gasteiger partial charge in [-0.2, -0.15) is 0 Å². The predicted octanol–water partition coefficient (Wildman–Crippen LogP) is 4.14. The van der Waals surface area contributed by atoms with Crippen molar-refractivity contribution >= 4 is 5.97 Å². The Morgan fingerprint density at radius 2 is 1.40 bits per heavy atom. The maximum Gasteiger partial charge on any atom is 0.315 e. The van der Waals surface area contributed by atoms with Gasteiger partial charge in [0.05, 0.1) is 0 Å². The molecule has 0 radical (unpaired) electrons. The van der Waals surface area contributed by atoms with Gasteiger partial charge in [-0.15, -0.1) is 0 Å². The summed E-state index contributed by atoms with van der Waals surface area (Å²) in [6.07, 6.45) is 0. The highest BCUT2D eigenvalue weighted by atomic mass is 16.4. The molecule has 2 aromatic carbocycles. The molecule has 20 heavy (non-hydrogen) atoms. The fraction of sp³-hybridized carbons (Fsp3) is 0.278. The number of carboxylic acids is 1. The van der Waals surface area contributed by atoms with Crippen molar-refractivity contribution in [1.29, 1.82) is 0 Å². The summed E-state index contributed by atoms with van der Waals surface area (Å²) in [6, 6.07) is 11.8. The first-order chi connectivity index (χ1) is 9.40. The molecule has 0 aliphatic heterocycles. The van der Waals surface area contributed by atoms with E-state index in [4.69, 9.17) is 0 Å². The van der Waals surface area contributed by atoms with Crippen LogP contribution in [0.2, 0.25) is 0 Å². The zero-order valence-electron chi connectivity index (χ0n) is 12.4. The zero-order valence-corrected chi connectivity index (χ0v) is 12.4. The summed E-state index contributed by atoms with van der Waals surface area (Å²) in [5, 5.41) is 9.67. The Morgan fingerprint density at radius 3 is 1.85 bits per heavy atom. The highest BCUT2D eigenvalue weighted by Gasteiger charge is 2.25. The molecule has 1 unspecified atom stereocenters. The fourth-order valence-electron chi connectivity index (χ4n) is 2.84. The van der Waals surface area contributed by atoms with Crippen LogP contribution < -0.4 is 0 Å². The minimum Gasteiger partial charge on any atom is -0.481 e. The maximum atomic E-state index is 11.8. The van der Waals surface area contributed by atoms with Crippen LogP contribution in [0.4, 0.5) is 0 Å². The summed E-state index contributed by atoms with van der Waals surface area (Å²) in [4.78, 5) is 11.8. The van der Waals surface area contributed by atoms with Gasteiger partial charge in [-0.1, -0.05) is 47.5 Å². The third-order valence-corrected chi connectivity index (χ3v) is 3.68. The summed E-state index contributed by atoms with van der Waals surface area (Å²) in [5.41, 5.74) is 6.11. The van der Waals surface area contributed by atoms with E-state index in [1.54, 1.807) is 0 Å². The summed E-state index contributed by atoms with van der Waals surface area (Å²) in [6.45, 7) is 8.01. The van der Waals surface area contributed by atoms with Crippen LogP contribution in [0.1, 0.15) is 39.3 Å². The second-order valence-electron chi connectivity index (χ2n) is 5.49. The third kappa shape index (κ3) is 2.74. The van der Waals surface area contributed by atoms with Crippen LogP contribution in [-0.2, 0) is 4.79 Å². The molecule has 0 saturated carbocycles. The highest BCUT2D eigenvalue weighted by molar-refractivity contribution is 5.81. The standard InChI is InChI=1S/C18H20O2/c1-11-5-7-15(8-6-11)17(18(19)20)16-13(3)9-12(2)10-14(16)4/h5-10,17H,1-4H3,(H,19,20). The van der Waals surface area contributed by atoms with E-state index in [0.29, 0.717) is 0 Å². The molecule has 0 aliphatic carbocycles. The third-order valence-electron chi connectivity index (χ3n) is 3.68. The van der Waals surface area contributed by atoms with E-state index in [-0.39, 0.29) is 0 Å². The summed E-state index contributed by atoms with van der Waals surface area (Å²) in [5.74, 6) is -1.40. The van der Waals surface area contributed by atoms with Gasteiger partial charge in [0.15, 0.2) is 0 Å². The van der Waals surface area contributed by atoms with Gasteiger partial charge < -0.3 is 5.11 Å². The summed E-state index contributed by atoms with van der Waals surface area (Å²) >= 11 is 0. The Hall–Kier alpha value is -2.09. The average Bonchev–Trinajstić information content (AvgIpc) is 2.34. The molecular formula is C18H20O2. The molecule has 2 aromatic rings. The first-order valence-electron chi connectivity index (χ1n) is 6.77. The van der Waals surface area contributed by atoms with E-state index in [1.165, 1.54) is 0 Å². The molecule has 1 atom stereocenters. The van der Waals surface area contributed by atoms with Crippen LogP contribution in [-0.4, -0.2) is 11.1 Å². The number of carboxylic acid groups (broad SMARTS) is 1. The van der Waals surface area contributed by atoms with E-state index >= 15 is 0 Å². The van der Waals surface area contributed by atoms with Gasteiger partial charge in [-0.05, 0) is 49.9 Å². The van der Waals surface area contributed by atoms with E-state index in [0.717, 1.165) is 33.4 Å². The van der Waals surface area contributed by atoms with Gasteiger partial charge in [0, 0.05) is 0 Å². The number of benzene rings is 2. The average molecular weight is 268 g/mol. The molecule has 0 aromatic heterocycles. The second kappa shape index (κ2) is 5.49. The molecule has 2 heteroatoms. The van der Waals surface area contributed by atoms with Crippen LogP contribution in [0.5, 0.6) is 0 Å². The molecule has 0 amide bonds. The molecule has 0 heterocycles. The molecule has 2 nitrogen and oxygen atoms in total. The molecule has 0 spiro atoms. The SMILES string of the molecule is Cc1ccc(C(C(=O)O)c2c(C)cc(C)cc2C)cc1. The summed E-state index contributed by atoms with van der Waals surface area (Å²) < 4.78 is 0. The molecule has 0 fully saturated rings. The van der Waals surface area contributed by atoms with Crippen molar-refractivity contribution < 1.29 is 9.90 Å². The number of hydrogen-bond acceptors (Lipinski definition) is 1. The van der Waals surface area contributed by atoms with E-state index in [1.807, 2.05) is 64.1 Å². The largest absolute Gasteiger partial charge is 0.481 e. The first kappa shape index (κ1) is 14.3. The van der Waals surface area contributed by atoms with Gasteiger partial charge in [-0.25, -0.2) is 0 Å². The predicted molar refractivity (Wildman–Crippen MR) is 81.3 cm³/mol. The highest BCUT2D eigenvalue weighted by Crippen LogP contribution is 2.31. The van der Waals surface area contributed by atoms with Crippen molar-refractivity contribution in [3.63, 3.8) is 0 Å². The van der Waals surface area contributed by atoms with Crippen molar-refractivity contribution in [2.45, 2.75) is 33.6 Å². The Morgan fingerprint density at radius 1 is 0.900 bits per heavy atom. The Labute approximate surface area is 120 Å². The fourth-order valence-corrected chi connectivity index (χ4v) is 2.84. The van der Waals surface area contributed by atoms with Crippen molar-refractivity contribution in [3.05, 3.63) is 69.8 Å². The summed E-state index contributed by atoms with van der Waals surface area (Å²) in [7, 11) is 0. The minimum absolute atomic E-state index is 0.601. The molecule has 0 aliphatic rings. The number of carbonyl (C=O) groups is 1. The first-order valence-corrected chi connectivity index (χ1v) is 6.77. The zero-order chi connectivity index (χ0) is 14.9. The minimum atomic E-state index is -0.802. The van der Waals surface area contributed by atoms with Crippen LogP contribution in [0.15, 0.2) is 36.4 Å².